The average Bonchev–Trinajstić information content (AvgIpc) is 2.62. The summed E-state index contributed by atoms with van der Waals surface area (Å²) in [6.07, 6.45) is -0.485. The molecule has 2 amide bonds. The van der Waals surface area contributed by atoms with Gasteiger partial charge in [-0.15, -0.1) is 0 Å². The summed E-state index contributed by atoms with van der Waals surface area (Å²) < 4.78 is 11.2. The largest absolute Gasteiger partial charge is 0.493 e. The minimum absolute atomic E-state index is 0.158. The Balaban J connectivity index is 1.89. The lowest BCUT2D eigenvalue weighted by Gasteiger charge is -2.17. The molecule has 0 radical (unpaired) electrons. The van der Waals surface area contributed by atoms with Crippen LogP contribution in [0, 0.1) is 6.92 Å². The molecule has 0 saturated heterocycles. The highest BCUT2D eigenvalue weighted by molar-refractivity contribution is 5.94. The smallest absolute Gasteiger partial charge is 0.265 e. The Morgan fingerprint density at radius 2 is 1.68 bits per heavy atom. The molecule has 0 aromatic heterocycles. The van der Waals surface area contributed by atoms with E-state index in [1.165, 1.54) is 5.56 Å². The van der Waals surface area contributed by atoms with Crippen molar-refractivity contribution < 1.29 is 19.1 Å². The Labute approximate surface area is 166 Å². The van der Waals surface area contributed by atoms with E-state index in [1.807, 2.05) is 25.1 Å². The maximum absolute atomic E-state index is 12.4. The third-order valence-corrected chi connectivity index (χ3v) is 4.28. The number of benzene rings is 2. The third kappa shape index (κ3) is 6.30. The van der Waals surface area contributed by atoms with Crippen LogP contribution in [-0.4, -0.2) is 24.5 Å². The molecule has 2 aromatic rings. The van der Waals surface area contributed by atoms with Crippen molar-refractivity contribution in [3.63, 3.8) is 0 Å². The van der Waals surface area contributed by atoms with Crippen molar-refractivity contribution in [3.8, 4) is 11.5 Å². The molecule has 0 heterocycles. The van der Waals surface area contributed by atoms with E-state index in [4.69, 9.17) is 15.2 Å². The molecule has 0 fully saturated rings. The van der Waals surface area contributed by atoms with Crippen molar-refractivity contribution in [3.05, 3.63) is 53.6 Å². The van der Waals surface area contributed by atoms with Crippen molar-refractivity contribution in [2.75, 3.05) is 11.9 Å². The number of primary amides is 1. The molecule has 1 unspecified atom stereocenters. The lowest BCUT2D eigenvalue weighted by Crippen LogP contribution is -2.30. The molecule has 0 bridgehead atoms. The van der Waals surface area contributed by atoms with E-state index in [0.717, 1.165) is 5.56 Å². The van der Waals surface area contributed by atoms with Crippen LogP contribution in [0.25, 0.3) is 0 Å². The molecular weight excluding hydrogens is 356 g/mol. The standard InChI is InChI=1S/C22H28N2O4/c1-14(2)20-10-9-19(13-15(20)3)28-16(4)22(26)24-17-5-7-18(8-6-17)27-12-11-21(23)25/h5-10,13-14,16H,11-12H2,1-4H3,(H2,23,25)(H,24,26). The number of hydrogen-bond donors (Lipinski definition) is 2. The summed E-state index contributed by atoms with van der Waals surface area (Å²) in [6, 6.07) is 12.8. The number of carbonyl (C=O) groups is 2. The fourth-order valence-electron chi connectivity index (χ4n) is 2.77. The normalized spacial score (nSPS) is 11.8. The summed E-state index contributed by atoms with van der Waals surface area (Å²) in [6.45, 7) is 8.27. The van der Waals surface area contributed by atoms with Gasteiger partial charge in [-0.1, -0.05) is 19.9 Å². The van der Waals surface area contributed by atoms with Crippen LogP contribution in [0.4, 0.5) is 5.69 Å². The maximum Gasteiger partial charge on any atom is 0.265 e. The molecule has 0 aliphatic carbocycles. The van der Waals surface area contributed by atoms with Crippen molar-refractivity contribution in [1.82, 2.24) is 0 Å². The van der Waals surface area contributed by atoms with E-state index in [-0.39, 0.29) is 18.9 Å². The zero-order chi connectivity index (χ0) is 20.7. The number of ether oxygens (including phenoxy) is 2. The van der Waals surface area contributed by atoms with Crippen molar-refractivity contribution in [2.45, 2.75) is 46.1 Å². The van der Waals surface area contributed by atoms with Gasteiger partial charge in [-0.05, 0) is 67.3 Å². The fourth-order valence-corrected chi connectivity index (χ4v) is 2.77. The third-order valence-electron chi connectivity index (χ3n) is 4.28. The Bertz CT molecular complexity index is 816. The zero-order valence-electron chi connectivity index (χ0n) is 16.8. The Morgan fingerprint density at radius 1 is 1.04 bits per heavy atom. The van der Waals surface area contributed by atoms with E-state index in [9.17, 15) is 9.59 Å². The van der Waals surface area contributed by atoms with Gasteiger partial charge in [0.2, 0.25) is 5.91 Å². The van der Waals surface area contributed by atoms with Gasteiger partial charge in [0.25, 0.3) is 5.91 Å². The topological polar surface area (TPSA) is 90.7 Å². The minimum Gasteiger partial charge on any atom is -0.493 e. The number of nitrogens with one attached hydrogen (secondary N) is 1. The molecule has 6 nitrogen and oxygen atoms in total. The SMILES string of the molecule is Cc1cc(OC(C)C(=O)Nc2ccc(OCCC(N)=O)cc2)ccc1C(C)C. The second-order valence-corrected chi connectivity index (χ2v) is 7.01. The molecule has 1 atom stereocenters. The molecule has 2 aromatic carbocycles. The molecule has 0 aliphatic heterocycles. The quantitative estimate of drug-likeness (QED) is 0.688. The van der Waals surface area contributed by atoms with Gasteiger partial charge in [0, 0.05) is 5.69 Å². The van der Waals surface area contributed by atoms with E-state index in [0.29, 0.717) is 23.1 Å². The van der Waals surface area contributed by atoms with Crippen LogP contribution in [0.2, 0.25) is 0 Å². The van der Waals surface area contributed by atoms with E-state index >= 15 is 0 Å². The van der Waals surface area contributed by atoms with Gasteiger partial charge in [-0.3, -0.25) is 9.59 Å². The molecule has 0 saturated carbocycles. The van der Waals surface area contributed by atoms with Crippen LogP contribution in [0.5, 0.6) is 11.5 Å². The number of carbonyl (C=O) groups excluding carboxylic acids is 2. The van der Waals surface area contributed by atoms with Gasteiger partial charge >= 0.3 is 0 Å². The lowest BCUT2D eigenvalue weighted by molar-refractivity contribution is -0.122. The van der Waals surface area contributed by atoms with Gasteiger partial charge < -0.3 is 20.5 Å². The molecule has 2 rings (SSSR count). The fraction of sp³-hybridized carbons (Fsp3) is 0.364. The van der Waals surface area contributed by atoms with Gasteiger partial charge in [0.15, 0.2) is 6.10 Å². The first-order valence-corrected chi connectivity index (χ1v) is 9.35. The molecule has 0 aliphatic rings. The van der Waals surface area contributed by atoms with E-state index in [2.05, 4.69) is 19.2 Å². The number of aryl methyl sites for hydroxylation is 1. The van der Waals surface area contributed by atoms with E-state index in [1.54, 1.807) is 31.2 Å². The van der Waals surface area contributed by atoms with Gasteiger partial charge in [0.05, 0.1) is 13.0 Å². The Kier molecular flexibility index (Phi) is 7.44. The van der Waals surface area contributed by atoms with Crippen LogP contribution in [-0.2, 0) is 9.59 Å². The monoisotopic (exact) mass is 384 g/mol. The van der Waals surface area contributed by atoms with Crippen LogP contribution >= 0.6 is 0 Å². The molecule has 0 spiro atoms. The Morgan fingerprint density at radius 3 is 2.25 bits per heavy atom. The lowest BCUT2D eigenvalue weighted by atomic mass is 9.98. The van der Waals surface area contributed by atoms with Crippen molar-refractivity contribution in [2.24, 2.45) is 5.73 Å². The first-order chi connectivity index (χ1) is 13.3. The number of amides is 2. The first kappa shape index (κ1) is 21.3. The summed E-state index contributed by atoms with van der Waals surface area (Å²) in [5.41, 5.74) is 8.11. The van der Waals surface area contributed by atoms with Crippen LogP contribution < -0.4 is 20.5 Å². The summed E-state index contributed by atoms with van der Waals surface area (Å²) >= 11 is 0. The maximum atomic E-state index is 12.4. The predicted octanol–water partition coefficient (Wildman–Crippen LogP) is 3.78. The molecule has 6 heteroatoms. The van der Waals surface area contributed by atoms with Gasteiger partial charge in [-0.2, -0.15) is 0 Å². The second kappa shape index (κ2) is 9.78. The number of nitrogens with two attached hydrogens (primary N) is 1. The zero-order valence-corrected chi connectivity index (χ0v) is 16.8. The summed E-state index contributed by atoms with van der Waals surface area (Å²) in [5, 5.41) is 2.81. The highest BCUT2D eigenvalue weighted by Crippen LogP contribution is 2.24. The second-order valence-electron chi connectivity index (χ2n) is 7.01. The predicted molar refractivity (Wildman–Crippen MR) is 110 cm³/mol. The van der Waals surface area contributed by atoms with Crippen molar-refractivity contribution in [1.29, 1.82) is 0 Å². The summed E-state index contributed by atoms with van der Waals surface area (Å²) in [7, 11) is 0. The van der Waals surface area contributed by atoms with Crippen LogP contribution in [0.15, 0.2) is 42.5 Å². The van der Waals surface area contributed by atoms with Crippen LogP contribution in [0.1, 0.15) is 44.2 Å². The summed E-state index contributed by atoms with van der Waals surface area (Å²) in [4.78, 5) is 23.1. The molecule has 150 valence electrons. The average molecular weight is 384 g/mol. The highest BCUT2D eigenvalue weighted by Gasteiger charge is 2.16. The molecular formula is C22H28N2O4. The first-order valence-electron chi connectivity index (χ1n) is 9.35. The van der Waals surface area contributed by atoms with Crippen LogP contribution in [0.3, 0.4) is 0 Å². The highest BCUT2D eigenvalue weighted by atomic mass is 16.5. The number of rotatable bonds is 9. The van der Waals surface area contributed by atoms with Gasteiger partial charge in [-0.25, -0.2) is 0 Å². The van der Waals surface area contributed by atoms with Crippen molar-refractivity contribution >= 4 is 17.5 Å². The minimum atomic E-state index is -0.643. The molecule has 28 heavy (non-hydrogen) atoms. The van der Waals surface area contributed by atoms with E-state index < -0.39 is 12.0 Å². The number of hydrogen-bond acceptors (Lipinski definition) is 4. The molecule has 3 N–H and O–H groups in total. The summed E-state index contributed by atoms with van der Waals surface area (Å²) in [5.74, 6) is 1.06. The Hall–Kier alpha value is -3.02. The number of anilines is 1. The van der Waals surface area contributed by atoms with Gasteiger partial charge in [0.1, 0.15) is 11.5 Å².